The average Bonchev–Trinajstić information content (AvgIpc) is 2.70. The van der Waals surface area contributed by atoms with Gasteiger partial charge in [-0.2, -0.15) is 0 Å². The van der Waals surface area contributed by atoms with E-state index in [9.17, 15) is 9.59 Å². The van der Waals surface area contributed by atoms with Gasteiger partial charge in [0.25, 0.3) is 0 Å². The third-order valence-electron chi connectivity index (χ3n) is 2.61. The number of rotatable bonds is 6. The second kappa shape index (κ2) is 6.49. The van der Waals surface area contributed by atoms with Gasteiger partial charge in [-0.15, -0.1) is 0 Å². The van der Waals surface area contributed by atoms with Gasteiger partial charge in [-0.3, -0.25) is 9.59 Å². The maximum absolute atomic E-state index is 10.9. The number of hydrogen-bond donors (Lipinski definition) is 1. The summed E-state index contributed by atoms with van der Waals surface area (Å²) in [5, 5.41) is 2.65. The SMILES string of the molecule is C=C/C(CNC(C)=O)=N\c1c(C=C)cc(C=O)n1C. The maximum Gasteiger partial charge on any atom is 0.217 e. The van der Waals surface area contributed by atoms with E-state index < -0.39 is 0 Å². The van der Waals surface area contributed by atoms with E-state index in [0.29, 0.717) is 17.2 Å². The van der Waals surface area contributed by atoms with Crippen molar-refractivity contribution in [2.45, 2.75) is 6.92 Å². The molecule has 0 aliphatic rings. The highest BCUT2D eigenvalue weighted by atomic mass is 16.1. The van der Waals surface area contributed by atoms with Crippen LogP contribution in [0.1, 0.15) is 23.0 Å². The Balaban J connectivity index is 3.16. The van der Waals surface area contributed by atoms with E-state index in [0.717, 1.165) is 11.8 Å². The summed E-state index contributed by atoms with van der Waals surface area (Å²) in [6, 6.07) is 1.71. The standard InChI is InChI=1S/C14H17N3O2/c1-5-11-7-13(9-18)17(4)14(11)16-12(6-2)8-15-10(3)19/h5-7,9H,1-2,8H2,3-4H3,(H,15,19)/b16-12+. The maximum atomic E-state index is 10.9. The van der Waals surface area contributed by atoms with Gasteiger partial charge in [0.1, 0.15) is 5.82 Å². The number of hydrogen-bond acceptors (Lipinski definition) is 3. The monoisotopic (exact) mass is 259 g/mol. The van der Waals surface area contributed by atoms with E-state index >= 15 is 0 Å². The van der Waals surface area contributed by atoms with Crippen LogP contribution in [0.5, 0.6) is 0 Å². The van der Waals surface area contributed by atoms with Crippen molar-refractivity contribution in [3.05, 3.63) is 36.6 Å². The highest BCUT2D eigenvalue weighted by molar-refractivity contribution is 6.00. The summed E-state index contributed by atoms with van der Waals surface area (Å²) < 4.78 is 1.67. The Labute approximate surface area is 112 Å². The van der Waals surface area contributed by atoms with Crippen LogP contribution in [0.3, 0.4) is 0 Å². The topological polar surface area (TPSA) is 63.5 Å². The Morgan fingerprint density at radius 3 is 2.68 bits per heavy atom. The molecule has 0 atom stereocenters. The van der Waals surface area contributed by atoms with Gasteiger partial charge in [0.15, 0.2) is 6.29 Å². The highest BCUT2D eigenvalue weighted by Gasteiger charge is 2.09. The van der Waals surface area contributed by atoms with Gasteiger partial charge < -0.3 is 9.88 Å². The molecule has 1 amide bonds. The predicted octanol–water partition coefficient (Wildman–Crippen LogP) is 1.88. The van der Waals surface area contributed by atoms with Crippen LogP contribution in [0.2, 0.25) is 0 Å². The molecule has 0 aromatic carbocycles. The summed E-state index contributed by atoms with van der Waals surface area (Å²) >= 11 is 0. The molecule has 100 valence electrons. The summed E-state index contributed by atoms with van der Waals surface area (Å²) in [4.78, 5) is 26.2. The summed E-state index contributed by atoms with van der Waals surface area (Å²) in [5.74, 6) is 0.469. The summed E-state index contributed by atoms with van der Waals surface area (Å²) in [6.07, 6.45) is 3.95. The van der Waals surface area contributed by atoms with Gasteiger partial charge in [-0.1, -0.05) is 19.2 Å². The highest BCUT2D eigenvalue weighted by Crippen LogP contribution is 2.24. The number of nitrogens with zero attached hydrogens (tertiary/aromatic N) is 2. The van der Waals surface area contributed by atoms with Crippen molar-refractivity contribution in [2.75, 3.05) is 6.54 Å². The van der Waals surface area contributed by atoms with Crippen LogP contribution in [0.25, 0.3) is 6.08 Å². The van der Waals surface area contributed by atoms with Crippen molar-refractivity contribution in [1.29, 1.82) is 0 Å². The number of amides is 1. The normalized spacial score (nSPS) is 10.9. The molecule has 1 aromatic heterocycles. The van der Waals surface area contributed by atoms with Crippen LogP contribution >= 0.6 is 0 Å². The first kappa shape index (κ1) is 14.6. The zero-order valence-corrected chi connectivity index (χ0v) is 11.1. The number of carbonyl (C=O) groups is 2. The lowest BCUT2D eigenvalue weighted by Crippen LogP contribution is -2.26. The van der Waals surface area contributed by atoms with Crippen LogP contribution in [0.4, 0.5) is 5.82 Å². The van der Waals surface area contributed by atoms with E-state index in [4.69, 9.17) is 0 Å². The first-order valence-corrected chi connectivity index (χ1v) is 5.75. The van der Waals surface area contributed by atoms with Gasteiger partial charge in [0, 0.05) is 19.5 Å². The number of aromatic nitrogens is 1. The van der Waals surface area contributed by atoms with Gasteiger partial charge in [0.05, 0.1) is 18.0 Å². The fraction of sp³-hybridized carbons (Fsp3) is 0.214. The van der Waals surface area contributed by atoms with Gasteiger partial charge in [0.2, 0.25) is 5.91 Å². The van der Waals surface area contributed by atoms with E-state index in [1.165, 1.54) is 6.92 Å². The molecule has 5 heteroatoms. The molecule has 0 spiro atoms. The molecule has 0 aliphatic carbocycles. The van der Waals surface area contributed by atoms with Crippen molar-refractivity contribution in [3.63, 3.8) is 0 Å². The third-order valence-corrected chi connectivity index (χ3v) is 2.61. The van der Waals surface area contributed by atoms with Crippen LogP contribution in [0, 0.1) is 0 Å². The van der Waals surface area contributed by atoms with E-state index in [-0.39, 0.29) is 12.5 Å². The van der Waals surface area contributed by atoms with Crippen molar-refractivity contribution in [2.24, 2.45) is 12.0 Å². The molecule has 0 radical (unpaired) electrons. The number of aldehydes is 1. The molecular weight excluding hydrogens is 242 g/mol. The molecule has 0 aliphatic heterocycles. The van der Waals surface area contributed by atoms with Crippen molar-refractivity contribution in [1.82, 2.24) is 9.88 Å². The Bertz CT molecular complexity index is 553. The van der Waals surface area contributed by atoms with Crippen LogP contribution in [0.15, 0.2) is 30.3 Å². The lowest BCUT2D eigenvalue weighted by Gasteiger charge is -2.05. The van der Waals surface area contributed by atoms with Crippen molar-refractivity contribution in [3.8, 4) is 0 Å². The minimum atomic E-state index is -0.140. The first-order chi connectivity index (χ1) is 9.03. The number of carbonyl (C=O) groups excluding carboxylic acids is 2. The molecule has 19 heavy (non-hydrogen) atoms. The molecule has 0 bridgehead atoms. The summed E-state index contributed by atoms with van der Waals surface area (Å²) in [6.45, 7) is 9.08. The lowest BCUT2D eigenvalue weighted by molar-refractivity contribution is -0.118. The Morgan fingerprint density at radius 1 is 1.53 bits per heavy atom. The van der Waals surface area contributed by atoms with E-state index in [1.807, 2.05) is 0 Å². The second-order valence-electron chi connectivity index (χ2n) is 3.95. The lowest BCUT2D eigenvalue weighted by atomic mass is 10.3. The third kappa shape index (κ3) is 3.51. The molecule has 1 aromatic rings. The Hall–Kier alpha value is -2.43. The van der Waals surface area contributed by atoms with E-state index in [1.54, 1.807) is 29.8 Å². The molecule has 1 N–H and O–H groups in total. The van der Waals surface area contributed by atoms with Crippen LogP contribution < -0.4 is 5.32 Å². The average molecular weight is 259 g/mol. The van der Waals surface area contributed by atoms with Crippen molar-refractivity contribution >= 4 is 29.8 Å². The zero-order chi connectivity index (χ0) is 14.4. The molecule has 1 rings (SSSR count). The van der Waals surface area contributed by atoms with Gasteiger partial charge >= 0.3 is 0 Å². The molecular formula is C14H17N3O2. The van der Waals surface area contributed by atoms with Gasteiger partial charge in [-0.05, 0) is 12.1 Å². The fourth-order valence-corrected chi connectivity index (χ4v) is 1.55. The van der Waals surface area contributed by atoms with Crippen LogP contribution in [-0.4, -0.2) is 29.0 Å². The number of aliphatic imine (C=N–C) groups is 1. The molecule has 0 saturated heterocycles. The molecule has 5 nitrogen and oxygen atoms in total. The summed E-state index contributed by atoms with van der Waals surface area (Å²) in [7, 11) is 1.74. The smallest absolute Gasteiger partial charge is 0.217 e. The molecule has 0 fully saturated rings. The predicted molar refractivity (Wildman–Crippen MR) is 76.9 cm³/mol. The van der Waals surface area contributed by atoms with Crippen LogP contribution in [-0.2, 0) is 11.8 Å². The largest absolute Gasteiger partial charge is 0.351 e. The second-order valence-corrected chi connectivity index (χ2v) is 3.95. The Kier molecular flexibility index (Phi) is 5.00. The molecule has 1 heterocycles. The first-order valence-electron chi connectivity index (χ1n) is 5.75. The fourth-order valence-electron chi connectivity index (χ4n) is 1.55. The minimum absolute atomic E-state index is 0.140. The van der Waals surface area contributed by atoms with Crippen molar-refractivity contribution < 1.29 is 9.59 Å². The quantitative estimate of drug-likeness (QED) is 0.626. The summed E-state index contributed by atoms with van der Waals surface area (Å²) in [5.41, 5.74) is 1.88. The zero-order valence-electron chi connectivity index (χ0n) is 11.1. The number of nitrogens with one attached hydrogen (secondary N) is 1. The minimum Gasteiger partial charge on any atom is -0.351 e. The molecule has 0 unspecified atom stereocenters. The Morgan fingerprint density at radius 2 is 2.21 bits per heavy atom. The molecule has 0 saturated carbocycles. The van der Waals surface area contributed by atoms with E-state index in [2.05, 4.69) is 23.5 Å². The van der Waals surface area contributed by atoms with Gasteiger partial charge in [-0.25, -0.2) is 4.99 Å².